The number of hydrogen-bond donors (Lipinski definition) is 1. The van der Waals surface area contributed by atoms with Crippen LogP contribution in [0.4, 0.5) is 0 Å². The van der Waals surface area contributed by atoms with E-state index in [1.807, 2.05) is 49.4 Å². The van der Waals surface area contributed by atoms with Crippen molar-refractivity contribution < 1.29 is 4.79 Å². The minimum absolute atomic E-state index is 0.0150. The van der Waals surface area contributed by atoms with E-state index < -0.39 is 5.38 Å². The molecule has 0 unspecified atom stereocenters. The third-order valence-corrected chi connectivity index (χ3v) is 5.51. The summed E-state index contributed by atoms with van der Waals surface area (Å²) in [7, 11) is 0. The first-order chi connectivity index (χ1) is 12.1. The minimum atomic E-state index is -0.618. The molecule has 2 aromatic rings. The second-order valence-electron chi connectivity index (χ2n) is 7.02. The molecule has 1 aliphatic carbocycles. The maximum Gasteiger partial charge on any atom is 0.182 e. The van der Waals surface area contributed by atoms with E-state index in [9.17, 15) is 4.79 Å². The molecule has 3 heteroatoms. The number of aryl methyl sites for hydroxylation is 1. The molecule has 0 heterocycles. The number of Topliss-reactive ketones (excluding diaryl/α,β-unsaturated/α-hetero) is 1. The van der Waals surface area contributed by atoms with Crippen molar-refractivity contribution in [1.82, 2.24) is 5.32 Å². The quantitative estimate of drug-likeness (QED) is 0.551. The minimum Gasteiger partial charge on any atom is -0.306 e. The van der Waals surface area contributed by atoms with Crippen LogP contribution in [-0.2, 0) is 0 Å². The molecule has 0 bridgehead atoms. The van der Waals surface area contributed by atoms with Gasteiger partial charge in [-0.3, -0.25) is 4.79 Å². The number of rotatable bonds is 6. The Morgan fingerprint density at radius 1 is 1.00 bits per heavy atom. The highest BCUT2D eigenvalue weighted by atomic mass is 35.5. The summed E-state index contributed by atoms with van der Waals surface area (Å²) in [4.78, 5) is 12.9. The second kappa shape index (κ2) is 8.64. The van der Waals surface area contributed by atoms with E-state index in [1.165, 1.54) is 19.3 Å². The number of halogens is 1. The number of carbonyl (C=O) groups is 1. The van der Waals surface area contributed by atoms with Crippen LogP contribution in [0.3, 0.4) is 0 Å². The zero-order valence-electron chi connectivity index (χ0n) is 14.7. The van der Waals surface area contributed by atoms with E-state index >= 15 is 0 Å². The van der Waals surface area contributed by atoms with Gasteiger partial charge in [-0.15, -0.1) is 11.6 Å². The standard InChI is InChI=1S/C22H26ClNO/c1-16-12-14-18(15-13-16)22(25)20(23)21(17-8-4-2-5-9-17)24-19-10-6-3-7-11-19/h2,4-5,8-9,12-15,19-21,24H,3,6-7,10-11H2,1H3/t20-,21-/m1/s1. The Morgan fingerprint density at radius 3 is 2.28 bits per heavy atom. The number of alkyl halides is 1. The monoisotopic (exact) mass is 355 g/mol. The molecule has 0 amide bonds. The summed E-state index contributed by atoms with van der Waals surface area (Å²) in [6, 6.07) is 18.0. The lowest BCUT2D eigenvalue weighted by atomic mass is 9.91. The highest BCUT2D eigenvalue weighted by molar-refractivity contribution is 6.34. The van der Waals surface area contributed by atoms with Gasteiger partial charge in [0.15, 0.2) is 5.78 Å². The molecular formula is C22H26ClNO. The van der Waals surface area contributed by atoms with E-state index in [4.69, 9.17) is 11.6 Å². The molecule has 0 spiro atoms. The van der Waals surface area contributed by atoms with Crippen LogP contribution in [0.1, 0.15) is 59.6 Å². The molecule has 1 fully saturated rings. The Kier molecular flexibility index (Phi) is 6.28. The Balaban J connectivity index is 1.82. The summed E-state index contributed by atoms with van der Waals surface area (Å²) in [5, 5.41) is 3.06. The van der Waals surface area contributed by atoms with Crippen LogP contribution in [0.15, 0.2) is 54.6 Å². The fourth-order valence-corrected chi connectivity index (χ4v) is 3.91. The predicted octanol–water partition coefficient (Wildman–Crippen LogP) is 5.45. The van der Waals surface area contributed by atoms with Gasteiger partial charge in [0.1, 0.15) is 5.38 Å². The molecule has 0 aromatic heterocycles. The number of benzene rings is 2. The van der Waals surface area contributed by atoms with Gasteiger partial charge >= 0.3 is 0 Å². The SMILES string of the molecule is Cc1ccc(C(=O)[C@H](Cl)[C@H](NC2CCCCC2)c2ccccc2)cc1. The van der Waals surface area contributed by atoms with Crippen molar-refractivity contribution in [3.8, 4) is 0 Å². The lowest BCUT2D eigenvalue weighted by Gasteiger charge is -2.31. The smallest absolute Gasteiger partial charge is 0.182 e. The van der Waals surface area contributed by atoms with Crippen LogP contribution < -0.4 is 5.32 Å². The molecule has 3 rings (SSSR count). The zero-order valence-corrected chi connectivity index (χ0v) is 15.5. The van der Waals surface area contributed by atoms with Crippen molar-refractivity contribution in [3.05, 3.63) is 71.3 Å². The summed E-state index contributed by atoms with van der Waals surface area (Å²) in [5.74, 6) is -0.0150. The van der Waals surface area contributed by atoms with Crippen LogP contribution in [0, 0.1) is 6.92 Å². The van der Waals surface area contributed by atoms with E-state index in [-0.39, 0.29) is 11.8 Å². The van der Waals surface area contributed by atoms with E-state index in [1.54, 1.807) is 0 Å². The average Bonchev–Trinajstić information content (AvgIpc) is 2.67. The van der Waals surface area contributed by atoms with Crippen molar-refractivity contribution in [1.29, 1.82) is 0 Å². The van der Waals surface area contributed by atoms with Crippen molar-refractivity contribution >= 4 is 17.4 Å². The first-order valence-corrected chi connectivity index (χ1v) is 9.65. The molecule has 2 aromatic carbocycles. The summed E-state index contributed by atoms with van der Waals surface area (Å²) < 4.78 is 0. The van der Waals surface area contributed by atoms with Gasteiger partial charge in [0, 0.05) is 11.6 Å². The maximum atomic E-state index is 12.9. The summed E-state index contributed by atoms with van der Waals surface area (Å²) in [6.07, 6.45) is 6.12. The molecule has 2 atom stereocenters. The van der Waals surface area contributed by atoms with Gasteiger partial charge in [-0.2, -0.15) is 0 Å². The largest absolute Gasteiger partial charge is 0.306 e. The Morgan fingerprint density at radius 2 is 1.64 bits per heavy atom. The summed E-state index contributed by atoms with van der Waals surface area (Å²) in [5.41, 5.74) is 2.90. The molecule has 1 N–H and O–H groups in total. The number of nitrogens with one attached hydrogen (secondary N) is 1. The fourth-order valence-electron chi connectivity index (χ4n) is 3.56. The highest BCUT2D eigenvalue weighted by Gasteiger charge is 2.30. The van der Waals surface area contributed by atoms with Crippen molar-refractivity contribution in [2.24, 2.45) is 0 Å². The first-order valence-electron chi connectivity index (χ1n) is 9.21. The van der Waals surface area contributed by atoms with Crippen molar-refractivity contribution in [3.63, 3.8) is 0 Å². The molecule has 0 saturated heterocycles. The fraction of sp³-hybridized carbons (Fsp3) is 0.409. The number of hydrogen-bond acceptors (Lipinski definition) is 2. The third kappa shape index (κ3) is 4.71. The average molecular weight is 356 g/mol. The van der Waals surface area contributed by atoms with Crippen LogP contribution >= 0.6 is 11.6 Å². The van der Waals surface area contributed by atoms with Gasteiger partial charge in [0.25, 0.3) is 0 Å². The second-order valence-corrected chi connectivity index (χ2v) is 7.49. The summed E-state index contributed by atoms with van der Waals surface area (Å²) >= 11 is 6.71. The van der Waals surface area contributed by atoms with Gasteiger partial charge < -0.3 is 5.32 Å². The highest BCUT2D eigenvalue weighted by Crippen LogP contribution is 2.28. The predicted molar refractivity (Wildman–Crippen MR) is 104 cm³/mol. The molecule has 0 radical (unpaired) electrons. The lowest BCUT2D eigenvalue weighted by Crippen LogP contribution is -2.41. The van der Waals surface area contributed by atoms with Crippen molar-refractivity contribution in [2.45, 2.75) is 56.5 Å². The topological polar surface area (TPSA) is 29.1 Å². The zero-order chi connectivity index (χ0) is 17.6. The Labute approximate surface area is 155 Å². The maximum absolute atomic E-state index is 12.9. The molecule has 25 heavy (non-hydrogen) atoms. The molecule has 132 valence electrons. The normalized spacial score (nSPS) is 17.8. The van der Waals surface area contributed by atoms with E-state index in [0.29, 0.717) is 11.6 Å². The molecule has 1 aliphatic rings. The molecule has 0 aliphatic heterocycles. The van der Waals surface area contributed by atoms with E-state index in [2.05, 4.69) is 17.4 Å². The van der Waals surface area contributed by atoms with Gasteiger partial charge in [-0.25, -0.2) is 0 Å². The molecular weight excluding hydrogens is 330 g/mol. The van der Waals surface area contributed by atoms with Gasteiger partial charge in [-0.05, 0) is 25.3 Å². The Hall–Kier alpha value is -1.64. The number of carbonyl (C=O) groups excluding carboxylic acids is 1. The van der Waals surface area contributed by atoms with Crippen molar-refractivity contribution in [2.75, 3.05) is 0 Å². The van der Waals surface area contributed by atoms with Gasteiger partial charge in [0.05, 0.1) is 6.04 Å². The summed E-state index contributed by atoms with van der Waals surface area (Å²) in [6.45, 7) is 2.02. The number of ketones is 1. The molecule has 1 saturated carbocycles. The third-order valence-electron chi connectivity index (χ3n) is 5.06. The van der Waals surface area contributed by atoms with Crippen LogP contribution in [-0.4, -0.2) is 17.2 Å². The van der Waals surface area contributed by atoms with Crippen LogP contribution in [0.25, 0.3) is 0 Å². The van der Waals surface area contributed by atoms with E-state index in [0.717, 1.165) is 24.0 Å². The first kappa shape index (κ1) is 18.2. The van der Waals surface area contributed by atoms with Crippen LogP contribution in [0.2, 0.25) is 0 Å². The van der Waals surface area contributed by atoms with Gasteiger partial charge in [0.2, 0.25) is 0 Å². The lowest BCUT2D eigenvalue weighted by molar-refractivity contribution is 0.0970. The molecule has 2 nitrogen and oxygen atoms in total. The van der Waals surface area contributed by atoms with Crippen LogP contribution in [0.5, 0.6) is 0 Å². The van der Waals surface area contributed by atoms with Gasteiger partial charge in [-0.1, -0.05) is 79.4 Å². The Bertz CT molecular complexity index is 677.